The molecule has 8 heteroatoms. The molecule has 0 aliphatic carbocycles. The van der Waals surface area contributed by atoms with Gasteiger partial charge in [-0.15, -0.1) is 0 Å². The Labute approximate surface area is 107 Å². The van der Waals surface area contributed by atoms with Gasteiger partial charge in [0.25, 0.3) is 0 Å². The van der Waals surface area contributed by atoms with Gasteiger partial charge in [0.15, 0.2) is 17.2 Å². The van der Waals surface area contributed by atoms with Gasteiger partial charge in [-0.1, -0.05) is 0 Å². The summed E-state index contributed by atoms with van der Waals surface area (Å²) in [6.07, 6.45) is 0.984. The highest BCUT2D eigenvalue weighted by atomic mass is 35.5. The molecule has 3 heterocycles. The van der Waals surface area contributed by atoms with Crippen molar-refractivity contribution in [3.8, 4) is 0 Å². The van der Waals surface area contributed by atoms with Crippen LogP contribution in [-0.4, -0.2) is 47.8 Å². The highest BCUT2D eigenvalue weighted by Gasteiger charge is 2.57. The molecular weight excluding hydrogens is 265 g/mol. The van der Waals surface area contributed by atoms with Crippen LogP contribution in [0.4, 0.5) is 10.2 Å². The van der Waals surface area contributed by atoms with E-state index in [1.807, 2.05) is 0 Å². The molecule has 0 N–H and O–H groups in total. The summed E-state index contributed by atoms with van der Waals surface area (Å²) < 4.78 is 23.8. The topological polar surface area (TPSA) is 64.6 Å². The number of anilines is 1. The zero-order valence-electron chi connectivity index (χ0n) is 9.23. The van der Waals surface area contributed by atoms with Gasteiger partial charge in [-0.3, -0.25) is 0 Å². The van der Waals surface area contributed by atoms with Gasteiger partial charge in [0.2, 0.25) is 5.28 Å². The summed E-state index contributed by atoms with van der Waals surface area (Å²) >= 11 is 5.66. The maximum Gasteiger partial charge on any atom is 0.338 e. The van der Waals surface area contributed by atoms with E-state index in [1.165, 1.54) is 0 Å². The Morgan fingerprint density at radius 2 is 2.33 bits per heavy atom. The number of carbonyl (C=O) groups excluding carboxylic acids is 1. The number of morpholine rings is 1. The van der Waals surface area contributed by atoms with Gasteiger partial charge in [-0.05, 0) is 11.6 Å². The van der Waals surface area contributed by atoms with Gasteiger partial charge >= 0.3 is 5.97 Å². The smallest absolute Gasteiger partial charge is 0.338 e. The minimum Gasteiger partial charge on any atom is -0.461 e. The van der Waals surface area contributed by atoms with Crippen molar-refractivity contribution in [2.24, 2.45) is 0 Å². The summed E-state index contributed by atoms with van der Waals surface area (Å²) in [5, 5.41) is -0.0688. The van der Waals surface area contributed by atoms with Crippen LogP contribution in [0.3, 0.4) is 0 Å². The van der Waals surface area contributed by atoms with E-state index >= 15 is 0 Å². The first-order chi connectivity index (χ1) is 8.63. The number of carbonyl (C=O) groups is 1. The van der Waals surface area contributed by atoms with Crippen molar-refractivity contribution in [2.75, 3.05) is 31.3 Å². The lowest BCUT2D eigenvalue weighted by Crippen LogP contribution is -2.71. The molecule has 1 atom stereocenters. The Bertz CT molecular complexity index is 515. The Balaban J connectivity index is 2.03. The van der Waals surface area contributed by atoms with Crippen LogP contribution in [-0.2, 0) is 14.3 Å². The SMILES string of the molecule is O=C1OCC12COCCN2c1nc(Cl)ncc1F. The Morgan fingerprint density at radius 3 is 3.00 bits per heavy atom. The van der Waals surface area contributed by atoms with E-state index in [1.54, 1.807) is 4.90 Å². The lowest BCUT2D eigenvalue weighted by Gasteiger charge is -2.49. The van der Waals surface area contributed by atoms with Crippen molar-refractivity contribution in [2.45, 2.75) is 5.54 Å². The summed E-state index contributed by atoms with van der Waals surface area (Å²) in [6.45, 7) is 1.05. The third-order valence-electron chi connectivity index (χ3n) is 3.09. The molecule has 6 nitrogen and oxygen atoms in total. The molecule has 96 valence electrons. The van der Waals surface area contributed by atoms with Crippen molar-refractivity contribution in [3.05, 3.63) is 17.3 Å². The molecule has 2 aliphatic rings. The van der Waals surface area contributed by atoms with Crippen LogP contribution in [0.2, 0.25) is 5.28 Å². The minimum atomic E-state index is -0.975. The lowest BCUT2D eigenvalue weighted by molar-refractivity contribution is -0.181. The molecular formula is C10H9ClFN3O3. The minimum absolute atomic E-state index is 0.00921. The monoisotopic (exact) mass is 273 g/mol. The van der Waals surface area contributed by atoms with Crippen LogP contribution < -0.4 is 4.90 Å². The number of esters is 1. The maximum absolute atomic E-state index is 13.8. The number of aromatic nitrogens is 2. The van der Waals surface area contributed by atoms with E-state index in [0.29, 0.717) is 13.2 Å². The van der Waals surface area contributed by atoms with E-state index in [0.717, 1.165) is 6.20 Å². The van der Waals surface area contributed by atoms with Crippen LogP contribution in [0.15, 0.2) is 6.20 Å². The fourth-order valence-electron chi connectivity index (χ4n) is 2.11. The summed E-state index contributed by atoms with van der Waals surface area (Å²) in [5.74, 6) is -1.05. The second-order valence-corrected chi connectivity index (χ2v) is 4.46. The van der Waals surface area contributed by atoms with Crippen LogP contribution in [0.5, 0.6) is 0 Å². The quantitative estimate of drug-likeness (QED) is 0.545. The number of nitrogens with zero attached hydrogens (tertiary/aromatic N) is 3. The predicted octanol–water partition coefficient (Wildman–Crippen LogP) is 0.401. The number of hydrogen-bond donors (Lipinski definition) is 0. The van der Waals surface area contributed by atoms with Gasteiger partial charge in [-0.2, -0.15) is 4.98 Å². The highest BCUT2D eigenvalue weighted by molar-refractivity contribution is 6.28. The third kappa shape index (κ3) is 1.54. The fourth-order valence-corrected chi connectivity index (χ4v) is 2.24. The van der Waals surface area contributed by atoms with Gasteiger partial charge < -0.3 is 14.4 Å². The Morgan fingerprint density at radius 1 is 1.50 bits per heavy atom. The molecule has 1 spiro atoms. The standard InChI is InChI=1S/C10H9ClFN3O3/c11-9-13-3-6(12)7(14-9)15-1-2-17-4-10(15)5-18-8(10)16/h3H,1-2,4-5H2. The molecule has 0 saturated carbocycles. The molecule has 0 amide bonds. The molecule has 2 saturated heterocycles. The van der Waals surface area contributed by atoms with Crippen LogP contribution >= 0.6 is 11.6 Å². The molecule has 1 unspecified atom stereocenters. The molecule has 0 bridgehead atoms. The molecule has 0 radical (unpaired) electrons. The van der Waals surface area contributed by atoms with Crippen LogP contribution in [0, 0.1) is 5.82 Å². The first-order valence-electron chi connectivity index (χ1n) is 5.34. The van der Waals surface area contributed by atoms with Crippen molar-refractivity contribution in [1.29, 1.82) is 0 Å². The first-order valence-corrected chi connectivity index (χ1v) is 5.72. The first kappa shape index (κ1) is 11.6. The zero-order chi connectivity index (χ0) is 12.8. The van der Waals surface area contributed by atoms with Crippen molar-refractivity contribution < 1.29 is 18.7 Å². The Hall–Kier alpha value is -1.47. The average Bonchev–Trinajstić information content (AvgIpc) is 2.40. The van der Waals surface area contributed by atoms with Gasteiger partial charge in [0, 0.05) is 6.54 Å². The fraction of sp³-hybridized carbons (Fsp3) is 0.500. The number of ether oxygens (including phenoxy) is 2. The molecule has 1 aromatic rings. The second kappa shape index (κ2) is 4.03. The number of cyclic esters (lactones) is 1. The molecule has 2 fully saturated rings. The number of rotatable bonds is 1. The summed E-state index contributed by atoms with van der Waals surface area (Å²) in [5.41, 5.74) is -0.975. The Kier molecular flexibility index (Phi) is 2.60. The summed E-state index contributed by atoms with van der Waals surface area (Å²) in [4.78, 5) is 20.6. The molecule has 18 heavy (non-hydrogen) atoms. The zero-order valence-corrected chi connectivity index (χ0v) is 9.98. The molecule has 0 aromatic carbocycles. The van der Waals surface area contributed by atoms with Crippen LogP contribution in [0.25, 0.3) is 0 Å². The summed E-state index contributed by atoms with van der Waals surface area (Å²) in [6, 6.07) is 0. The molecule has 1 aromatic heterocycles. The predicted molar refractivity (Wildman–Crippen MR) is 58.9 cm³/mol. The van der Waals surface area contributed by atoms with E-state index in [-0.39, 0.29) is 24.3 Å². The van der Waals surface area contributed by atoms with Crippen molar-refractivity contribution in [3.63, 3.8) is 0 Å². The molecule has 2 aliphatic heterocycles. The van der Waals surface area contributed by atoms with Gasteiger partial charge in [-0.25, -0.2) is 14.2 Å². The normalized spacial score (nSPS) is 27.0. The maximum atomic E-state index is 13.8. The third-order valence-corrected chi connectivity index (χ3v) is 3.27. The average molecular weight is 274 g/mol. The van der Waals surface area contributed by atoms with E-state index in [2.05, 4.69) is 9.97 Å². The van der Waals surface area contributed by atoms with E-state index in [9.17, 15) is 9.18 Å². The lowest BCUT2D eigenvalue weighted by atomic mass is 9.93. The van der Waals surface area contributed by atoms with E-state index in [4.69, 9.17) is 21.1 Å². The second-order valence-electron chi connectivity index (χ2n) is 4.12. The van der Waals surface area contributed by atoms with Crippen LogP contribution in [0.1, 0.15) is 0 Å². The largest absolute Gasteiger partial charge is 0.461 e. The van der Waals surface area contributed by atoms with E-state index < -0.39 is 17.3 Å². The highest BCUT2D eigenvalue weighted by Crippen LogP contribution is 2.34. The number of hydrogen-bond acceptors (Lipinski definition) is 6. The molecule has 3 rings (SSSR count). The van der Waals surface area contributed by atoms with Crippen molar-refractivity contribution in [1.82, 2.24) is 9.97 Å². The van der Waals surface area contributed by atoms with Gasteiger partial charge in [0.05, 0.1) is 19.4 Å². The van der Waals surface area contributed by atoms with Crippen molar-refractivity contribution >= 4 is 23.4 Å². The van der Waals surface area contributed by atoms with Gasteiger partial charge in [0.1, 0.15) is 6.61 Å². The summed E-state index contributed by atoms with van der Waals surface area (Å²) in [7, 11) is 0. The number of halogens is 2.